The Kier molecular flexibility index (Phi) is 6.03. The van der Waals surface area contributed by atoms with E-state index in [0.29, 0.717) is 24.7 Å². The highest BCUT2D eigenvalue weighted by Gasteiger charge is 2.02. The van der Waals surface area contributed by atoms with E-state index in [4.69, 9.17) is 16.3 Å². The van der Waals surface area contributed by atoms with Crippen LogP contribution in [0.3, 0.4) is 0 Å². The maximum atomic E-state index is 11.6. The number of nitrogens with zero attached hydrogens (tertiary/aromatic N) is 1. The van der Waals surface area contributed by atoms with Crippen LogP contribution in [0.1, 0.15) is 11.1 Å². The first-order valence-electron chi connectivity index (χ1n) is 6.95. The molecule has 22 heavy (non-hydrogen) atoms. The molecule has 5 nitrogen and oxygen atoms in total. The molecule has 1 aromatic carbocycles. The van der Waals surface area contributed by atoms with Crippen molar-refractivity contribution < 1.29 is 9.53 Å². The molecule has 0 aliphatic carbocycles. The van der Waals surface area contributed by atoms with Crippen LogP contribution in [0.2, 0.25) is 5.02 Å². The predicted octanol–water partition coefficient (Wildman–Crippen LogP) is 2.92. The Hall–Kier alpha value is -2.27. The molecule has 2 amide bonds. The highest BCUT2D eigenvalue weighted by atomic mass is 35.5. The zero-order chi connectivity index (χ0) is 15.8. The van der Waals surface area contributed by atoms with Gasteiger partial charge in [0.25, 0.3) is 0 Å². The number of aryl methyl sites for hydroxylation is 1. The molecule has 0 saturated carbocycles. The van der Waals surface area contributed by atoms with Gasteiger partial charge in [0.1, 0.15) is 12.4 Å². The maximum absolute atomic E-state index is 11.6. The smallest absolute Gasteiger partial charge is 0.315 e. The number of hydrogen-bond acceptors (Lipinski definition) is 3. The molecule has 2 N–H and O–H groups in total. The van der Waals surface area contributed by atoms with Crippen molar-refractivity contribution in [3.8, 4) is 5.75 Å². The van der Waals surface area contributed by atoms with Gasteiger partial charge in [0.05, 0.1) is 6.54 Å². The summed E-state index contributed by atoms with van der Waals surface area (Å²) < 4.78 is 5.59. The van der Waals surface area contributed by atoms with Gasteiger partial charge in [0.2, 0.25) is 0 Å². The van der Waals surface area contributed by atoms with Gasteiger partial charge in [-0.15, -0.1) is 0 Å². The zero-order valence-corrected chi connectivity index (χ0v) is 13.1. The van der Waals surface area contributed by atoms with Crippen molar-refractivity contribution in [3.63, 3.8) is 0 Å². The largest absolute Gasteiger partial charge is 0.491 e. The van der Waals surface area contributed by atoms with Crippen LogP contribution >= 0.6 is 11.6 Å². The van der Waals surface area contributed by atoms with Crippen LogP contribution in [0.15, 0.2) is 42.7 Å². The summed E-state index contributed by atoms with van der Waals surface area (Å²) in [5.74, 6) is 0.766. The lowest BCUT2D eigenvalue weighted by molar-refractivity contribution is 0.236. The molecule has 0 spiro atoms. The van der Waals surface area contributed by atoms with Crippen LogP contribution in [0.5, 0.6) is 5.75 Å². The summed E-state index contributed by atoms with van der Waals surface area (Å²) in [6.07, 6.45) is 3.41. The van der Waals surface area contributed by atoms with Gasteiger partial charge in [-0.25, -0.2) is 4.79 Å². The monoisotopic (exact) mass is 319 g/mol. The topological polar surface area (TPSA) is 63.2 Å². The number of ether oxygens (including phenoxy) is 1. The molecular formula is C16H18ClN3O2. The number of benzene rings is 1. The third-order valence-corrected chi connectivity index (χ3v) is 3.19. The summed E-state index contributed by atoms with van der Waals surface area (Å²) in [6, 6.07) is 8.93. The van der Waals surface area contributed by atoms with Crippen molar-refractivity contribution in [3.05, 3.63) is 58.9 Å². The third-order valence-electron chi connectivity index (χ3n) is 2.96. The molecule has 116 valence electrons. The van der Waals surface area contributed by atoms with Gasteiger partial charge in [-0.2, -0.15) is 0 Å². The second-order valence-electron chi connectivity index (χ2n) is 4.73. The number of amides is 2. The van der Waals surface area contributed by atoms with Gasteiger partial charge in [-0.1, -0.05) is 17.7 Å². The summed E-state index contributed by atoms with van der Waals surface area (Å²) >= 11 is 5.88. The molecule has 0 radical (unpaired) electrons. The maximum Gasteiger partial charge on any atom is 0.315 e. The minimum Gasteiger partial charge on any atom is -0.491 e. The molecule has 0 bridgehead atoms. The second-order valence-corrected chi connectivity index (χ2v) is 5.17. The van der Waals surface area contributed by atoms with Gasteiger partial charge in [-0.3, -0.25) is 4.98 Å². The minimum atomic E-state index is -0.236. The molecule has 0 fully saturated rings. The fraction of sp³-hybridized carbons (Fsp3) is 0.250. The Balaban J connectivity index is 1.65. The Bertz CT molecular complexity index is 620. The average Bonchev–Trinajstić information content (AvgIpc) is 2.52. The number of hydrogen-bond donors (Lipinski definition) is 2. The standard InChI is InChI=1S/C16H18ClN3O2/c1-12-9-14(17)4-5-15(12)22-8-7-19-16(21)20-11-13-3-2-6-18-10-13/h2-6,9-10H,7-8,11H2,1H3,(H2,19,20,21). The molecule has 0 aliphatic rings. The first-order chi connectivity index (χ1) is 10.6. The van der Waals surface area contributed by atoms with Crippen LogP contribution in [0.4, 0.5) is 4.79 Å². The van der Waals surface area contributed by atoms with Gasteiger partial charge in [0.15, 0.2) is 0 Å². The van der Waals surface area contributed by atoms with Crippen molar-refractivity contribution in [2.24, 2.45) is 0 Å². The van der Waals surface area contributed by atoms with Crippen molar-refractivity contribution >= 4 is 17.6 Å². The number of carbonyl (C=O) groups excluding carboxylic acids is 1. The summed E-state index contributed by atoms with van der Waals surface area (Å²) in [4.78, 5) is 15.6. The number of urea groups is 1. The molecule has 2 rings (SSSR count). The number of aromatic nitrogens is 1. The Morgan fingerprint density at radius 3 is 2.91 bits per heavy atom. The SMILES string of the molecule is Cc1cc(Cl)ccc1OCCNC(=O)NCc1cccnc1. The van der Waals surface area contributed by atoms with Crippen LogP contribution in [-0.4, -0.2) is 24.2 Å². The van der Waals surface area contributed by atoms with Crippen molar-refractivity contribution in [2.45, 2.75) is 13.5 Å². The van der Waals surface area contributed by atoms with E-state index < -0.39 is 0 Å². The third kappa shape index (κ3) is 5.26. The molecule has 0 unspecified atom stereocenters. The van der Waals surface area contributed by atoms with Gasteiger partial charge >= 0.3 is 6.03 Å². The molecule has 1 heterocycles. The zero-order valence-electron chi connectivity index (χ0n) is 12.3. The molecular weight excluding hydrogens is 302 g/mol. The van der Waals surface area contributed by atoms with Crippen molar-refractivity contribution in [1.82, 2.24) is 15.6 Å². The van der Waals surface area contributed by atoms with E-state index in [1.54, 1.807) is 18.5 Å². The quantitative estimate of drug-likeness (QED) is 0.805. The van der Waals surface area contributed by atoms with Crippen LogP contribution < -0.4 is 15.4 Å². The summed E-state index contributed by atoms with van der Waals surface area (Å²) in [7, 11) is 0. The van der Waals surface area contributed by atoms with E-state index >= 15 is 0 Å². The lowest BCUT2D eigenvalue weighted by atomic mass is 10.2. The van der Waals surface area contributed by atoms with E-state index in [2.05, 4.69) is 15.6 Å². The van der Waals surface area contributed by atoms with Gasteiger partial charge in [-0.05, 0) is 42.3 Å². The fourth-order valence-electron chi connectivity index (χ4n) is 1.85. The minimum absolute atomic E-state index is 0.236. The van der Waals surface area contributed by atoms with E-state index in [0.717, 1.165) is 16.9 Å². The van der Waals surface area contributed by atoms with E-state index in [1.165, 1.54) is 0 Å². The second kappa shape index (κ2) is 8.24. The Labute approximate surface area is 134 Å². The van der Waals surface area contributed by atoms with Gasteiger partial charge in [0, 0.05) is 24.0 Å². The Morgan fingerprint density at radius 1 is 1.32 bits per heavy atom. The fourth-order valence-corrected chi connectivity index (χ4v) is 2.07. The van der Waals surface area contributed by atoms with Gasteiger partial charge < -0.3 is 15.4 Å². The number of rotatable bonds is 6. The lowest BCUT2D eigenvalue weighted by Gasteiger charge is -2.11. The molecule has 0 saturated heterocycles. The molecule has 0 atom stereocenters. The predicted molar refractivity (Wildman–Crippen MR) is 86.2 cm³/mol. The van der Waals surface area contributed by atoms with E-state index in [1.807, 2.05) is 31.2 Å². The summed E-state index contributed by atoms with van der Waals surface area (Å²) in [5.41, 5.74) is 1.92. The summed E-state index contributed by atoms with van der Waals surface area (Å²) in [6.45, 7) is 3.18. The average molecular weight is 320 g/mol. The van der Waals surface area contributed by atoms with Crippen molar-refractivity contribution in [1.29, 1.82) is 0 Å². The molecule has 0 aliphatic heterocycles. The van der Waals surface area contributed by atoms with Crippen molar-refractivity contribution in [2.75, 3.05) is 13.2 Å². The Morgan fingerprint density at radius 2 is 2.18 bits per heavy atom. The lowest BCUT2D eigenvalue weighted by Crippen LogP contribution is -2.37. The number of carbonyl (C=O) groups is 1. The first-order valence-corrected chi connectivity index (χ1v) is 7.32. The summed E-state index contributed by atoms with van der Waals surface area (Å²) in [5, 5.41) is 6.16. The van der Waals surface area contributed by atoms with E-state index in [-0.39, 0.29) is 6.03 Å². The number of nitrogens with one attached hydrogen (secondary N) is 2. The van der Waals surface area contributed by atoms with Crippen LogP contribution in [-0.2, 0) is 6.54 Å². The highest BCUT2D eigenvalue weighted by molar-refractivity contribution is 6.30. The highest BCUT2D eigenvalue weighted by Crippen LogP contribution is 2.21. The molecule has 1 aromatic heterocycles. The molecule has 2 aromatic rings. The number of pyridine rings is 1. The van der Waals surface area contributed by atoms with Crippen LogP contribution in [0, 0.1) is 6.92 Å². The normalized spacial score (nSPS) is 10.1. The van der Waals surface area contributed by atoms with E-state index in [9.17, 15) is 4.79 Å². The number of halogens is 1. The van der Waals surface area contributed by atoms with Crippen LogP contribution in [0.25, 0.3) is 0 Å². The first kappa shape index (κ1) is 16.1. The molecule has 6 heteroatoms.